The molecule has 0 saturated carbocycles. The predicted molar refractivity (Wildman–Crippen MR) is 90.5 cm³/mol. The maximum Gasteiger partial charge on any atom is 0.340 e. The molecule has 1 aromatic heterocycles. The second-order valence-electron chi connectivity index (χ2n) is 4.09. The zero-order valence-corrected chi connectivity index (χ0v) is 14.7. The summed E-state index contributed by atoms with van der Waals surface area (Å²) in [6, 6.07) is 1.38. The molecule has 0 aliphatic carbocycles. The number of aromatic nitrogens is 1. The molecule has 116 valence electrons. The van der Waals surface area contributed by atoms with Crippen LogP contribution in [0.25, 0.3) is 11.3 Å². The van der Waals surface area contributed by atoms with Gasteiger partial charge >= 0.3 is 5.97 Å². The van der Waals surface area contributed by atoms with E-state index in [1.807, 2.05) is 0 Å². The number of hydrogen-bond donors (Lipinski definition) is 1. The Morgan fingerprint density at radius 2 is 1.55 bits per heavy atom. The molecule has 0 saturated heterocycles. The van der Waals surface area contributed by atoms with Gasteiger partial charge in [0.1, 0.15) is 0 Å². The lowest BCUT2D eigenvalue weighted by atomic mass is 10.1. The Morgan fingerprint density at radius 3 is 2.05 bits per heavy atom. The summed E-state index contributed by atoms with van der Waals surface area (Å²) in [5.74, 6) is -0.625. The summed E-state index contributed by atoms with van der Waals surface area (Å²) in [7, 11) is 1.23. The van der Waals surface area contributed by atoms with Crippen LogP contribution in [0.3, 0.4) is 0 Å². The van der Waals surface area contributed by atoms with E-state index in [0.29, 0.717) is 0 Å². The lowest BCUT2D eigenvalue weighted by Crippen LogP contribution is -2.07. The van der Waals surface area contributed by atoms with Gasteiger partial charge in [-0.1, -0.05) is 58.0 Å². The molecular formula is C13H7Cl5N2O2. The van der Waals surface area contributed by atoms with Crippen molar-refractivity contribution in [2.75, 3.05) is 12.8 Å². The molecule has 0 radical (unpaired) electrons. The standard InChI is InChI=1S/C13H7Cl5N2O2/c1-22-13(21)4-2-6(20-3-5(4)19)7-8(14)10(16)12(18)11(17)9(7)15/h2-3H,19H2,1H3. The second-order valence-corrected chi connectivity index (χ2v) is 5.98. The van der Waals surface area contributed by atoms with E-state index < -0.39 is 5.97 Å². The second kappa shape index (κ2) is 6.69. The number of hydrogen-bond acceptors (Lipinski definition) is 4. The van der Waals surface area contributed by atoms with Crippen LogP contribution >= 0.6 is 58.0 Å². The summed E-state index contributed by atoms with van der Waals surface area (Å²) in [5, 5.41) is 0.228. The summed E-state index contributed by atoms with van der Waals surface area (Å²) >= 11 is 30.3. The van der Waals surface area contributed by atoms with Crippen molar-refractivity contribution in [2.24, 2.45) is 0 Å². The SMILES string of the molecule is COC(=O)c1cc(-c2c(Cl)c(Cl)c(Cl)c(Cl)c2Cl)ncc1N. The summed E-state index contributed by atoms with van der Waals surface area (Å²) < 4.78 is 4.65. The first-order valence-electron chi connectivity index (χ1n) is 5.65. The van der Waals surface area contributed by atoms with Gasteiger partial charge in [-0.25, -0.2) is 4.79 Å². The van der Waals surface area contributed by atoms with Crippen LogP contribution in [0.1, 0.15) is 10.4 Å². The van der Waals surface area contributed by atoms with E-state index in [1.54, 1.807) is 0 Å². The molecule has 0 unspecified atom stereocenters. The highest BCUT2D eigenvalue weighted by atomic mass is 35.5. The number of carbonyl (C=O) groups is 1. The van der Waals surface area contributed by atoms with Crippen molar-refractivity contribution in [3.05, 3.63) is 42.9 Å². The Balaban J connectivity index is 2.76. The van der Waals surface area contributed by atoms with Gasteiger partial charge in [-0.2, -0.15) is 0 Å². The van der Waals surface area contributed by atoms with Gasteiger partial charge in [-0.15, -0.1) is 0 Å². The first kappa shape index (κ1) is 17.4. The summed E-state index contributed by atoms with van der Waals surface area (Å²) in [6.07, 6.45) is 1.28. The molecule has 0 atom stereocenters. The molecule has 2 N–H and O–H groups in total. The molecule has 1 aromatic carbocycles. The van der Waals surface area contributed by atoms with E-state index in [-0.39, 0.29) is 47.6 Å². The quantitative estimate of drug-likeness (QED) is 0.417. The Morgan fingerprint density at radius 1 is 1.05 bits per heavy atom. The van der Waals surface area contributed by atoms with E-state index in [4.69, 9.17) is 63.7 Å². The average Bonchev–Trinajstić information content (AvgIpc) is 2.52. The van der Waals surface area contributed by atoms with Crippen LogP contribution in [0, 0.1) is 0 Å². The van der Waals surface area contributed by atoms with E-state index in [9.17, 15) is 4.79 Å². The number of benzene rings is 1. The molecule has 0 amide bonds. The summed E-state index contributed by atoms with van der Waals surface area (Å²) in [6.45, 7) is 0. The van der Waals surface area contributed by atoms with Crippen molar-refractivity contribution >= 4 is 69.7 Å². The lowest BCUT2D eigenvalue weighted by Gasteiger charge is -2.13. The van der Waals surface area contributed by atoms with E-state index in [1.165, 1.54) is 19.4 Å². The molecular weight excluding hydrogens is 393 g/mol. The van der Waals surface area contributed by atoms with Gasteiger partial charge in [0.05, 0.1) is 55.4 Å². The monoisotopic (exact) mass is 398 g/mol. The van der Waals surface area contributed by atoms with E-state index in [0.717, 1.165) is 0 Å². The molecule has 0 spiro atoms. The smallest absolute Gasteiger partial charge is 0.340 e. The van der Waals surface area contributed by atoms with Gasteiger partial charge in [0.2, 0.25) is 0 Å². The van der Waals surface area contributed by atoms with Crippen molar-refractivity contribution in [3.63, 3.8) is 0 Å². The number of halogens is 5. The van der Waals surface area contributed by atoms with Crippen molar-refractivity contribution < 1.29 is 9.53 Å². The first-order valence-corrected chi connectivity index (χ1v) is 7.54. The normalized spacial score (nSPS) is 10.6. The van der Waals surface area contributed by atoms with Crippen molar-refractivity contribution in [3.8, 4) is 11.3 Å². The number of nitrogens with two attached hydrogens (primary N) is 1. The van der Waals surface area contributed by atoms with Gasteiger partial charge in [0.25, 0.3) is 0 Å². The topological polar surface area (TPSA) is 65.2 Å². The number of nitrogen functional groups attached to an aromatic ring is 1. The van der Waals surface area contributed by atoms with E-state index in [2.05, 4.69) is 9.72 Å². The zero-order valence-electron chi connectivity index (χ0n) is 10.9. The largest absolute Gasteiger partial charge is 0.465 e. The third kappa shape index (κ3) is 2.94. The molecule has 0 aliphatic heterocycles. The minimum absolute atomic E-state index is 0.0331. The van der Waals surface area contributed by atoms with Gasteiger partial charge in [-0.05, 0) is 6.07 Å². The molecule has 9 heteroatoms. The van der Waals surface area contributed by atoms with Crippen LogP contribution in [0.4, 0.5) is 5.69 Å². The van der Waals surface area contributed by atoms with Crippen LogP contribution in [-0.2, 0) is 4.74 Å². The van der Waals surface area contributed by atoms with Crippen molar-refractivity contribution in [1.82, 2.24) is 4.98 Å². The van der Waals surface area contributed by atoms with Crippen LogP contribution in [0.5, 0.6) is 0 Å². The molecule has 1 heterocycles. The number of nitrogens with zero attached hydrogens (tertiary/aromatic N) is 1. The number of anilines is 1. The van der Waals surface area contributed by atoms with Crippen molar-refractivity contribution in [2.45, 2.75) is 0 Å². The number of methoxy groups -OCH3 is 1. The van der Waals surface area contributed by atoms with Crippen LogP contribution < -0.4 is 5.73 Å². The van der Waals surface area contributed by atoms with Crippen LogP contribution in [0.15, 0.2) is 12.3 Å². The highest BCUT2D eigenvalue weighted by molar-refractivity contribution is 6.56. The summed E-state index contributed by atoms with van der Waals surface area (Å²) in [4.78, 5) is 15.8. The zero-order chi connectivity index (χ0) is 16.6. The molecule has 22 heavy (non-hydrogen) atoms. The molecule has 0 bridgehead atoms. The third-order valence-electron chi connectivity index (χ3n) is 2.81. The van der Waals surface area contributed by atoms with Crippen molar-refractivity contribution in [1.29, 1.82) is 0 Å². The number of rotatable bonds is 2. The Hall–Kier alpha value is -0.910. The predicted octanol–water partition coefficient (Wildman–Crippen LogP) is 5.38. The van der Waals surface area contributed by atoms with Gasteiger partial charge in [0, 0.05) is 5.56 Å². The molecule has 4 nitrogen and oxygen atoms in total. The Kier molecular flexibility index (Phi) is 5.30. The van der Waals surface area contributed by atoms with Gasteiger partial charge in [-0.3, -0.25) is 4.98 Å². The van der Waals surface area contributed by atoms with E-state index >= 15 is 0 Å². The minimum Gasteiger partial charge on any atom is -0.465 e. The molecule has 2 rings (SSSR count). The minimum atomic E-state index is -0.625. The van der Waals surface area contributed by atoms with Gasteiger partial charge < -0.3 is 10.5 Å². The molecule has 2 aromatic rings. The molecule has 0 aliphatic rings. The average molecular weight is 400 g/mol. The third-order valence-corrected chi connectivity index (χ3v) is 5.08. The van der Waals surface area contributed by atoms with Crippen LogP contribution in [-0.4, -0.2) is 18.1 Å². The van der Waals surface area contributed by atoms with Gasteiger partial charge in [0.15, 0.2) is 0 Å². The fourth-order valence-electron chi connectivity index (χ4n) is 1.72. The lowest BCUT2D eigenvalue weighted by molar-refractivity contribution is 0.0602. The maximum atomic E-state index is 11.7. The highest BCUT2D eigenvalue weighted by Crippen LogP contribution is 2.47. The van der Waals surface area contributed by atoms with Crippen LogP contribution in [0.2, 0.25) is 25.1 Å². The highest BCUT2D eigenvalue weighted by Gasteiger charge is 2.22. The number of carbonyl (C=O) groups excluding carboxylic acids is 1. The fourth-order valence-corrected chi connectivity index (χ4v) is 3.05. The fraction of sp³-hybridized carbons (Fsp3) is 0.0769. The maximum absolute atomic E-state index is 11.7. The number of ether oxygens (including phenoxy) is 1. The first-order chi connectivity index (χ1) is 10.3. The Labute approximate surface area is 151 Å². The number of pyridine rings is 1. The number of esters is 1. The summed E-state index contributed by atoms with van der Waals surface area (Å²) in [5.41, 5.74) is 6.46. The Bertz CT molecular complexity index is 751. The molecule has 0 fully saturated rings.